The number of carbonyl (C=O) groups excluding carboxylic acids is 1. The van der Waals surface area contributed by atoms with Crippen LogP contribution in [0.15, 0.2) is 24.3 Å². The predicted molar refractivity (Wildman–Crippen MR) is 84.8 cm³/mol. The third-order valence-electron chi connectivity index (χ3n) is 3.76. The number of benzene rings is 1. The first kappa shape index (κ1) is 13.4. The molecule has 0 radical (unpaired) electrons. The van der Waals surface area contributed by atoms with E-state index in [4.69, 9.17) is 0 Å². The molecule has 1 aromatic carbocycles. The van der Waals surface area contributed by atoms with Gasteiger partial charge in [0.25, 0.3) is 5.91 Å². The van der Waals surface area contributed by atoms with E-state index in [0.29, 0.717) is 18.8 Å². The van der Waals surface area contributed by atoms with Crippen LogP contribution in [0, 0.1) is 0 Å². The first-order valence-electron chi connectivity index (χ1n) is 7.21. The highest BCUT2D eigenvalue weighted by Crippen LogP contribution is 2.21. The van der Waals surface area contributed by atoms with Gasteiger partial charge < -0.3 is 10.6 Å². The first-order chi connectivity index (χ1) is 10.8. The van der Waals surface area contributed by atoms with Crippen molar-refractivity contribution in [1.82, 2.24) is 25.8 Å². The van der Waals surface area contributed by atoms with Gasteiger partial charge in [-0.25, -0.2) is 4.98 Å². The standard InChI is InChI=1S/C15H15N5OS/c21-15(14-9-7-16-6-5-10(9)19-20-14)17-8-13-18-11-3-1-2-4-12(11)22-13/h1-4,16H,5-8H2,(H,17,21)(H,19,20). The minimum Gasteiger partial charge on any atom is -0.344 e. The molecule has 6 nitrogen and oxygen atoms in total. The minimum atomic E-state index is -0.152. The van der Waals surface area contributed by atoms with Crippen LogP contribution in [-0.4, -0.2) is 27.6 Å². The van der Waals surface area contributed by atoms with Crippen molar-refractivity contribution >= 4 is 27.5 Å². The molecule has 0 spiro atoms. The van der Waals surface area contributed by atoms with Gasteiger partial charge in [-0.15, -0.1) is 11.3 Å². The van der Waals surface area contributed by atoms with Crippen LogP contribution < -0.4 is 10.6 Å². The molecule has 3 heterocycles. The normalized spacial score (nSPS) is 14.0. The lowest BCUT2D eigenvalue weighted by atomic mass is 10.1. The molecule has 0 fully saturated rings. The van der Waals surface area contributed by atoms with E-state index in [1.54, 1.807) is 11.3 Å². The van der Waals surface area contributed by atoms with Crippen LogP contribution in [0.2, 0.25) is 0 Å². The summed E-state index contributed by atoms with van der Waals surface area (Å²) in [6, 6.07) is 7.97. The second kappa shape index (κ2) is 5.51. The molecule has 0 atom stereocenters. The number of hydrogen-bond acceptors (Lipinski definition) is 5. The zero-order chi connectivity index (χ0) is 14.9. The Morgan fingerprint density at radius 1 is 1.36 bits per heavy atom. The molecule has 3 N–H and O–H groups in total. The highest BCUT2D eigenvalue weighted by molar-refractivity contribution is 7.18. The highest BCUT2D eigenvalue weighted by atomic mass is 32.1. The molecular formula is C15H15N5OS. The van der Waals surface area contributed by atoms with Crippen LogP contribution >= 0.6 is 11.3 Å². The Morgan fingerprint density at radius 3 is 3.18 bits per heavy atom. The number of fused-ring (bicyclic) bond motifs is 2. The summed E-state index contributed by atoms with van der Waals surface area (Å²) in [7, 11) is 0. The Kier molecular flexibility index (Phi) is 3.36. The predicted octanol–water partition coefficient (Wildman–Crippen LogP) is 1.60. The number of amides is 1. The largest absolute Gasteiger partial charge is 0.344 e. The maximum absolute atomic E-state index is 12.3. The number of H-pyrrole nitrogens is 1. The average Bonchev–Trinajstić information content (AvgIpc) is 3.16. The molecule has 0 unspecified atom stereocenters. The molecule has 2 aromatic heterocycles. The van der Waals surface area contributed by atoms with Gasteiger partial charge in [-0.05, 0) is 12.1 Å². The monoisotopic (exact) mass is 313 g/mol. The zero-order valence-corrected chi connectivity index (χ0v) is 12.7. The number of aromatic amines is 1. The summed E-state index contributed by atoms with van der Waals surface area (Å²) >= 11 is 1.60. The van der Waals surface area contributed by atoms with Crippen molar-refractivity contribution in [2.75, 3.05) is 6.54 Å². The molecule has 0 aliphatic carbocycles. The Morgan fingerprint density at radius 2 is 2.27 bits per heavy atom. The fourth-order valence-electron chi connectivity index (χ4n) is 2.65. The maximum atomic E-state index is 12.3. The van der Waals surface area contributed by atoms with E-state index in [1.807, 2.05) is 24.3 Å². The number of thiazole rings is 1. The number of carbonyl (C=O) groups is 1. The topological polar surface area (TPSA) is 82.7 Å². The van der Waals surface area contributed by atoms with Crippen molar-refractivity contribution in [2.24, 2.45) is 0 Å². The summed E-state index contributed by atoms with van der Waals surface area (Å²) in [5.74, 6) is -0.152. The Balaban J connectivity index is 1.49. The Labute approximate surface area is 131 Å². The van der Waals surface area contributed by atoms with Crippen molar-refractivity contribution in [3.05, 3.63) is 46.2 Å². The summed E-state index contributed by atoms with van der Waals surface area (Å²) in [6.07, 6.45) is 0.882. The third kappa shape index (κ3) is 2.38. The van der Waals surface area contributed by atoms with Crippen LogP contribution in [0.25, 0.3) is 10.2 Å². The van der Waals surface area contributed by atoms with Crippen molar-refractivity contribution < 1.29 is 4.79 Å². The molecule has 0 saturated carbocycles. The molecule has 22 heavy (non-hydrogen) atoms. The number of nitrogens with zero attached hydrogens (tertiary/aromatic N) is 2. The van der Waals surface area contributed by atoms with Crippen LogP contribution in [0.3, 0.4) is 0 Å². The van der Waals surface area contributed by atoms with E-state index in [0.717, 1.165) is 39.4 Å². The summed E-state index contributed by atoms with van der Waals surface area (Å²) in [5, 5.41) is 14.2. The SMILES string of the molecule is O=C(NCc1nc2ccccc2s1)c1n[nH]c2c1CNCC2. The van der Waals surface area contributed by atoms with Gasteiger partial charge in [0.15, 0.2) is 5.69 Å². The Bertz CT molecular complexity index is 804. The molecule has 0 bridgehead atoms. The summed E-state index contributed by atoms with van der Waals surface area (Å²) in [6.45, 7) is 2.03. The van der Waals surface area contributed by atoms with Crippen molar-refractivity contribution in [1.29, 1.82) is 0 Å². The van der Waals surface area contributed by atoms with E-state index in [1.165, 1.54) is 0 Å². The highest BCUT2D eigenvalue weighted by Gasteiger charge is 2.21. The van der Waals surface area contributed by atoms with E-state index >= 15 is 0 Å². The molecular weight excluding hydrogens is 298 g/mol. The fraction of sp³-hybridized carbons (Fsp3) is 0.267. The second-order valence-electron chi connectivity index (χ2n) is 5.21. The lowest BCUT2D eigenvalue weighted by Gasteiger charge is -2.12. The van der Waals surface area contributed by atoms with Gasteiger partial charge in [-0.1, -0.05) is 12.1 Å². The van der Waals surface area contributed by atoms with Crippen molar-refractivity contribution in [3.63, 3.8) is 0 Å². The quantitative estimate of drug-likeness (QED) is 0.686. The smallest absolute Gasteiger partial charge is 0.272 e. The molecule has 4 rings (SSSR count). The lowest BCUT2D eigenvalue weighted by Crippen LogP contribution is -2.28. The molecule has 1 aliphatic heterocycles. The van der Waals surface area contributed by atoms with Gasteiger partial charge >= 0.3 is 0 Å². The molecule has 1 aliphatic rings. The molecule has 3 aromatic rings. The molecule has 7 heteroatoms. The van der Waals surface area contributed by atoms with Crippen LogP contribution in [0.4, 0.5) is 0 Å². The maximum Gasteiger partial charge on any atom is 0.272 e. The Hall–Kier alpha value is -2.25. The first-order valence-corrected chi connectivity index (χ1v) is 8.02. The van der Waals surface area contributed by atoms with Crippen LogP contribution in [-0.2, 0) is 19.5 Å². The van der Waals surface area contributed by atoms with Gasteiger partial charge in [0.1, 0.15) is 5.01 Å². The fourth-order valence-corrected chi connectivity index (χ4v) is 3.56. The van der Waals surface area contributed by atoms with Crippen molar-refractivity contribution in [2.45, 2.75) is 19.5 Å². The summed E-state index contributed by atoms with van der Waals surface area (Å²) in [5.41, 5.74) is 3.50. The molecule has 112 valence electrons. The van der Waals surface area contributed by atoms with Crippen molar-refractivity contribution in [3.8, 4) is 0 Å². The third-order valence-corrected chi connectivity index (χ3v) is 4.80. The van der Waals surface area contributed by atoms with E-state index < -0.39 is 0 Å². The van der Waals surface area contributed by atoms with E-state index in [-0.39, 0.29) is 5.91 Å². The summed E-state index contributed by atoms with van der Waals surface area (Å²) < 4.78 is 1.13. The van der Waals surface area contributed by atoms with E-state index in [9.17, 15) is 4.79 Å². The van der Waals surface area contributed by atoms with Gasteiger partial charge in [0.2, 0.25) is 0 Å². The lowest BCUT2D eigenvalue weighted by molar-refractivity contribution is 0.0944. The number of aromatic nitrogens is 3. The van der Waals surface area contributed by atoms with Gasteiger partial charge in [-0.2, -0.15) is 5.10 Å². The van der Waals surface area contributed by atoms with Gasteiger partial charge in [0.05, 0.1) is 16.8 Å². The summed E-state index contributed by atoms with van der Waals surface area (Å²) in [4.78, 5) is 16.8. The van der Waals surface area contributed by atoms with Gasteiger partial charge in [0, 0.05) is 30.8 Å². The van der Waals surface area contributed by atoms with E-state index in [2.05, 4.69) is 25.8 Å². The van der Waals surface area contributed by atoms with Crippen LogP contribution in [0.5, 0.6) is 0 Å². The zero-order valence-electron chi connectivity index (χ0n) is 11.8. The van der Waals surface area contributed by atoms with Crippen LogP contribution in [0.1, 0.15) is 26.8 Å². The molecule has 0 saturated heterocycles. The van der Waals surface area contributed by atoms with Gasteiger partial charge in [-0.3, -0.25) is 9.89 Å². The molecule has 1 amide bonds. The number of rotatable bonds is 3. The number of nitrogens with one attached hydrogen (secondary N) is 3. The second-order valence-corrected chi connectivity index (χ2v) is 6.33. The minimum absolute atomic E-state index is 0.152. The number of hydrogen-bond donors (Lipinski definition) is 3. The number of para-hydroxylation sites is 1. The average molecular weight is 313 g/mol.